The number of hydrogen-bond donors (Lipinski definition) is 0. The van der Waals surface area contributed by atoms with Crippen molar-refractivity contribution in [2.24, 2.45) is 0 Å². The fourth-order valence-corrected chi connectivity index (χ4v) is 1.73. The molecule has 0 saturated carbocycles. The molecule has 0 unspecified atom stereocenters. The van der Waals surface area contributed by atoms with Gasteiger partial charge in [-0.3, -0.25) is 15.1 Å². The van der Waals surface area contributed by atoms with Crippen molar-refractivity contribution < 1.29 is 18.8 Å². The van der Waals surface area contributed by atoms with Crippen LogP contribution in [-0.4, -0.2) is 23.0 Å². The molecule has 2 rings (SSSR count). The molecule has 0 bridgehead atoms. The molecule has 102 valence electrons. The zero-order chi connectivity index (χ0) is 14.7. The predicted molar refractivity (Wildman–Crippen MR) is 67.6 cm³/mol. The van der Waals surface area contributed by atoms with E-state index in [9.17, 15) is 19.3 Å². The fourth-order valence-electron chi connectivity index (χ4n) is 1.73. The molecule has 20 heavy (non-hydrogen) atoms. The Morgan fingerprint density at radius 1 is 1.35 bits per heavy atom. The van der Waals surface area contributed by atoms with Crippen LogP contribution in [0.3, 0.4) is 0 Å². The first-order valence-electron chi connectivity index (χ1n) is 5.50. The highest BCUT2D eigenvalue weighted by Crippen LogP contribution is 2.30. The van der Waals surface area contributed by atoms with Gasteiger partial charge in [-0.1, -0.05) is 0 Å². The molecule has 1 aromatic heterocycles. The van der Waals surface area contributed by atoms with E-state index in [0.717, 1.165) is 18.3 Å². The number of ether oxygens (including phenoxy) is 1. The van der Waals surface area contributed by atoms with E-state index in [1.165, 1.54) is 25.4 Å². The Morgan fingerprint density at radius 2 is 2.10 bits per heavy atom. The summed E-state index contributed by atoms with van der Waals surface area (Å²) in [7, 11) is 1.18. The van der Waals surface area contributed by atoms with Crippen LogP contribution >= 0.6 is 0 Å². The number of carbonyl (C=O) groups excluding carboxylic acids is 1. The number of benzene rings is 1. The molecule has 0 spiro atoms. The summed E-state index contributed by atoms with van der Waals surface area (Å²) in [5, 5.41) is 11.1. The van der Waals surface area contributed by atoms with Crippen molar-refractivity contribution >= 4 is 11.7 Å². The zero-order valence-corrected chi connectivity index (χ0v) is 10.4. The van der Waals surface area contributed by atoms with E-state index >= 15 is 0 Å². The van der Waals surface area contributed by atoms with Gasteiger partial charge in [0.05, 0.1) is 29.4 Å². The summed E-state index contributed by atoms with van der Waals surface area (Å²) in [6, 6.07) is 4.96. The van der Waals surface area contributed by atoms with E-state index in [-0.39, 0.29) is 22.4 Å². The van der Waals surface area contributed by atoms with Crippen molar-refractivity contribution in [3.05, 3.63) is 58.2 Å². The number of rotatable bonds is 3. The van der Waals surface area contributed by atoms with Crippen LogP contribution in [0.2, 0.25) is 0 Å². The van der Waals surface area contributed by atoms with Crippen LogP contribution in [0.1, 0.15) is 10.4 Å². The van der Waals surface area contributed by atoms with E-state index in [0.29, 0.717) is 0 Å². The van der Waals surface area contributed by atoms with Gasteiger partial charge in [0, 0.05) is 17.8 Å². The maximum absolute atomic E-state index is 13.1. The number of halogens is 1. The lowest BCUT2D eigenvalue weighted by atomic mass is 10.0. The molecule has 1 heterocycles. The number of carbonyl (C=O) groups is 1. The Labute approximate surface area is 113 Å². The number of aromatic nitrogens is 1. The molecule has 6 nitrogen and oxygen atoms in total. The van der Waals surface area contributed by atoms with Gasteiger partial charge in [0.2, 0.25) is 0 Å². The van der Waals surface area contributed by atoms with E-state index in [4.69, 9.17) is 0 Å². The van der Waals surface area contributed by atoms with Crippen molar-refractivity contribution in [3.63, 3.8) is 0 Å². The summed E-state index contributed by atoms with van der Waals surface area (Å²) in [5.41, 5.74) is 0.162. The first-order valence-corrected chi connectivity index (χ1v) is 5.50. The summed E-state index contributed by atoms with van der Waals surface area (Å²) >= 11 is 0. The summed E-state index contributed by atoms with van der Waals surface area (Å²) in [6.45, 7) is 0. The molecule has 2 aromatic rings. The predicted octanol–water partition coefficient (Wildman–Crippen LogP) is 2.58. The van der Waals surface area contributed by atoms with Gasteiger partial charge in [-0.05, 0) is 18.2 Å². The number of hydrogen-bond acceptors (Lipinski definition) is 5. The van der Waals surface area contributed by atoms with E-state index in [1.54, 1.807) is 0 Å². The minimum Gasteiger partial charge on any atom is -0.465 e. The van der Waals surface area contributed by atoms with Gasteiger partial charge in [0.25, 0.3) is 5.69 Å². The van der Waals surface area contributed by atoms with Crippen molar-refractivity contribution in [1.29, 1.82) is 0 Å². The van der Waals surface area contributed by atoms with Gasteiger partial charge in [0.1, 0.15) is 5.82 Å². The van der Waals surface area contributed by atoms with E-state index < -0.39 is 16.7 Å². The molecular weight excluding hydrogens is 267 g/mol. The largest absolute Gasteiger partial charge is 0.465 e. The second-order valence-corrected chi connectivity index (χ2v) is 3.87. The van der Waals surface area contributed by atoms with Gasteiger partial charge in [-0.15, -0.1) is 0 Å². The van der Waals surface area contributed by atoms with Crippen LogP contribution in [0.4, 0.5) is 10.1 Å². The average Bonchev–Trinajstić information content (AvgIpc) is 2.45. The van der Waals surface area contributed by atoms with Gasteiger partial charge in [0.15, 0.2) is 0 Å². The lowest BCUT2D eigenvalue weighted by Crippen LogP contribution is -2.03. The van der Waals surface area contributed by atoms with Gasteiger partial charge in [-0.25, -0.2) is 9.18 Å². The molecule has 0 atom stereocenters. The van der Waals surface area contributed by atoms with E-state index in [2.05, 4.69) is 9.72 Å². The molecule has 1 aromatic carbocycles. The Morgan fingerprint density at radius 3 is 2.70 bits per heavy atom. The molecule has 0 radical (unpaired) electrons. The number of nitro benzene ring substituents is 1. The minimum atomic E-state index is -0.683. The van der Waals surface area contributed by atoms with Gasteiger partial charge >= 0.3 is 5.97 Å². The minimum absolute atomic E-state index is 0.0484. The molecule has 7 heteroatoms. The third kappa shape index (κ3) is 2.61. The molecular formula is C13H9FN2O4. The zero-order valence-electron chi connectivity index (χ0n) is 10.4. The summed E-state index contributed by atoms with van der Waals surface area (Å²) in [4.78, 5) is 25.5. The third-order valence-corrected chi connectivity index (χ3v) is 2.63. The normalized spacial score (nSPS) is 10.1. The van der Waals surface area contributed by atoms with Crippen molar-refractivity contribution in [2.75, 3.05) is 7.11 Å². The maximum Gasteiger partial charge on any atom is 0.338 e. The highest BCUT2D eigenvalue weighted by molar-refractivity contribution is 5.91. The Balaban J connectivity index is 2.59. The highest BCUT2D eigenvalue weighted by Gasteiger charge is 2.19. The second-order valence-electron chi connectivity index (χ2n) is 3.87. The molecule has 0 fully saturated rings. The lowest BCUT2D eigenvalue weighted by molar-refractivity contribution is -0.384. The van der Waals surface area contributed by atoms with Crippen LogP contribution in [-0.2, 0) is 4.74 Å². The standard InChI is InChI=1S/C13H9FN2O4/c1-20-13(17)8-2-3-11(12(5-8)16(18)19)9-4-10(14)7-15-6-9/h2-7H,1H3. The third-order valence-electron chi connectivity index (χ3n) is 2.63. The Hall–Kier alpha value is -2.83. The van der Waals surface area contributed by atoms with Gasteiger partial charge < -0.3 is 4.74 Å². The first-order chi connectivity index (χ1) is 9.52. The lowest BCUT2D eigenvalue weighted by Gasteiger charge is -2.05. The number of esters is 1. The molecule has 0 amide bonds. The SMILES string of the molecule is COC(=O)c1ccc(-c2cncc(F)c2)c([N+](=O)[O-])c1. The molecule has 0 N–H and O–H groups in total. The number of methoxy groups -OCH3 is 1. The summed E-state index contributed by atoms with van der Waals surface area (Å²) in [6.07, 6.45) is 2.31. The first kappa shape index (κ1) is 13.6. The van der Waals surface area contributed by atoms with Crippen LogP contribution in [0.15, 0.2) is 36.7 Å². The monoisotopic (exact) mass is 276 g/mol. The van der Waals surface area contributed by atoms with Crippen LogP contribution in [0.25, 0.3) is 11.1 Å². The topological polar surface area (TPSA) is 82.3 Å². The van der Waals surface area contributed by atoms with Crippen molar-refractivity contribution in [3.8, 4) is 11.1 Å². The van der Waals surface area contributed by atoms with Crippen molar-refractivity contribution in [1.82, 2.24) is 4.98 Å². The second kappa shape index (κ2) is 5.43. The fraction of sp³-hybridized carbons (Fsp3) is 0.0769. The Kier molecular flexibility index (Phi) is 3.69. The summed E-state index contributed by atoms with van der Waals surface area (Å²) < 4.78 is 17.6. The average molecular weight is 276 g/mol. The summed E-state index contributed by atoms with van der Waals surface area (Å²) in [5.74, 6) is -1.29. The molecule has 0 aliphatic heterocycles. The van der Waals surface area contributed by atoms with Crippen molar-refractivity contribution in [2.45, 2.75) is 0 Å². The quantitative estimate of drug-likeness (QED) is 0.489. The van der Waals surface area contributed by atoms with Gasteiger partial charge in [-0.2, -0.15) is 0 Å². The molecule has 0 aliphatic carbocycles. The highest BCUT2D eigenvalue weighted by atomic mass is 19.1. The smallest absolute Gasteiger partial charge is 0.338 e. The Bertz CT molecular complexity index is 688. The van der Waals surface area contributed by atoms with E-state index in [1.807, 2.05) is 0 Å². The number of nitrogens with zero attached hydrogens (tertiary/aromatic N) is 2. The molecule has 0 saturated heterocycles. The van der Waals surface area contributed by atoms with Crippen LogP contribution in [0, 0.1) is 15.9 Å². The number of nitro groups is 1. The maximum atomic E-state index is 13.1. The van der Waals surface area contributed by atoms with Crippen LogP contribution in [0.5, 0.6) is 0 Å². The van der Waals surface area contributed by atoms with Crippen LogP contribution < -0.4 is 0 Å². The number of pyridine rings is 1. The molecule has 0 aliphatic rings.